The van der Waals surface area contributed by atoms with Crippen LogP contribution >= 0.6 is 0 Å². The average molecular weight is 272 g/mol. The normalized spacial score (nSPS) is 11.5. The molecule has 2 aromatic rings. The highest BCUT2D eigenvalue weighted by molar-refractivity contribution is 5.88. The Kier molecular flexibility index (Phi) is 3.24. The fraction of sp³-hybridized carbons (Fsp3) is 0.182. The molecular formula is C11H7F3N2O3. The lowest BCUT2D eigenvalue weighted by atomic mass is 10.1. The van der Waals surface area contributed by atoms with Gasteiger partial charge in [0.25, 0.3) is 0 Å². The molecule has 0 unspecified atom stereocenters. The number of nitrogens with zero attached hydrogens (tertiary/aromatic N) is 2. The molecule has 0 aliphatic heterocycles. The highest BCUT2D eigenvalue weighted by Crippen LogP contribution is 2.23. The first-order valence-electron chi connectivity index (χ1n) is 5.08. The Hall–Kier alpha value is -2.38. The first kappa shape index (κ1) is 13.1. The standard InChI is InChI=1S/C11H7F3N2O3/c12-11(13,14)5-8-15-16-9(19-8)6-1-3-7(4-2-6)10(17)18/h1-4H,5H2,(H,17,18). The molecule has 0 spiro atoms. The molecule has 19 heavy (non-hydrogen) atoms. The molecule has 0 fully saturated rings. The van der Waals surface area contributed by atoms with E-state index in [0.717, 1.165) is 0 Å². The number of aromatic nitrogens is 2. The zero-order valence-corrected chi connectivity index (χ0v) is 9.31. The number of alkyl halides is 3. The maximum absolute atomic E-state index is 12.1. The molecule has 100 valence electrons. The number of rotatable bonds is 3. The first-order valence-corrected chi connectivity index (χ1v) is 5.08. The molecule has 0 amide bonds. The molecule has 0 bridgehead atoms. The second-order valence-corrected chi connectivity index (χ2v) is 3.68. The topological polar surface area (TPSA) is 76.2 Å². The van der Waals surface area contributed by atoms with Crippen molar-refractivity contribution in [3.8, 4) is 11.5 Å². The molecule has 1 aromatic carbocycles. The van der Waals surface area contributed by atoms with Crippen LogP contribution in [0.1, 0.15) is 16.2 Å². The van der Waals surface area contributed by atoms with Gasteiger partial charge in [-0.05, 0) is 24.3 Å². The quantitative estimate of drug-likeness (QED) is 0.929. The minimum Gasteiger partial charge on any atom is -0.478 e. The van der Waals surface area contributed by atoms with Crippen molar-refractivity contribution in [3.63, 3.8) is 0 Å². The van der Waals surface area contributed by atoms with Gasteiger partial charge >= 0.3 is 12.1 Å². The Morgan fingerprint density at radius 2 is 1.84 bits per heavy atom. The van der Waals surface area contributed by atoms with E-state index < -0.39 is 24.5 Å². The van der Waals surface area contributed by atoms with Crippen molar-refractivity contribution in [1.82, 2.24) is 10.2 Å². The summed E-state index contributed by atoms with van der Waals surface area (Å²) in [5.41, 5.74) is 0.407. The van der Waals surface area contributed by atoms with Crippen LogP contribution in [-0.4, -0.2) is 27.4 Å². The fourth-order valence-corrected chi connectivity index (χ4v) is 1.37. The third kappa shape index (κ3) is 3.30. The van der Waals surface area contributed by atoms with E-state index in [4.69, 9.17) is 9.52 Å². The monoisotopic (exact) mass is 272 g/mol. The lowest BCUT2D eigenvalue weighted by Crippen LogP contribution is -2.11. The highest BCUT2D eigenvalue weighted by atomic mass is 19.4. The summed E-state index contributed by atoms with van der Waals surface area (Å²) in [5.74, 6) is -1.73. The molecule has 0 radical (unpaired) electrons. The van der Waals surface area contributed by atoms with Gasteiger partial charge in [0.05, 0.1) is 5.56 Å². The minimum atomic E-state index is -4.42. The summed E-state index contributed by atoms with van der Waals surface area (Å²) in [6.07, 6.45) is -5.72. The van der Waals surface area contributed by atoms with E-state index in [9.17, 15) is 18.0 Å². The van der Waals surface area contributed by atoms with E-state index >= 15 is 0 Å². The molecule has 5 nitrogen and oxygen atoms in total. The van der Waals surface area contributed by atoms with Crippen LogP contribution in [0, 0.1) is 0 Å². The zero-order chi connectivity index (χ0) is 14.0. The molecule has 0 atom stereocenters. The summed E-state index contributed by atoms with van der Waals surface area (Å²) in [5, 5.41) is 15.5. The first-order chi connectivity index (χ1) is 8.85. The van der Waals surface area contributed by atoms with Crippen molar-refractivity contribution in [2.75, 3.05) is 0 Å². The van der Waals surface area contributed by atoms with Crippen LogP contribution in [0.4, 0.5) is 13.2 Å². The molecule has 0 aliphatic carbocycles. The van der Waals surface area contributed by atoms with Gasteiger partial charge in [-0.2, -0.15) is 13.2 Å². The van der Waals surface area contributed by atoms with Crippen LogP contribution < -0.4 is 0 Å². The number of carboxylic acids is 1. The summed E-state index contributed by atoms with van der Waals surface area (Å²) < 4.78 is 41.2. The molecule has 1 N–H and O–H groups in total. The zero-order valence-electron chi connectivity index (χ0n) is 9.31. The summed E-state index contributed by atoms with van der Waals surface area (Å²) in [7, 11) is 0. The van der Waals surface area contributed by atoms with Crippen LogP contribution in [-0.2, 0) is 6.42 Å². The SMILES string of the molecule is O=C(O)c1ccc(-c2nnc(CC(F)(F)F)o2)cc1. The Morgan fingerprint density at radius 1 is 1.21 bits per heavy atom. The predicted octanol–water partition coefficient (Wildman–Crippen LogP) is 2.54. The summed E-state index contributed by atoms with van der Waals surface area (Å²) in [6, 6.07) is 5.36. The number of benzene rings is 1. The predicted molar refractivity (Wildman–Crippen MR) is 56.5 cm³/mol. The van der Waals surface area contributed by atoms with E-state index in [1.54, 1.807) is 0 Å². The van der Waals surface area contributed by atoms with Gasteiger partial charge in [-0.25, -0.2) is 4.79 Å². The van der Waals surface area contributed by atoms with Crippen LogP contribution in [0.15, 0.2) is 28.7 Å². The van der Waals surface area contributed by atoms with Crippen molar-refractivity contribution in [2.45, 2.75) is 12.6 Å². The Bertz CT molecular complexity index is 590. The summed E-state index contributed by atoms with van der Waals surface area (Å²) in [4.78, 5) is 10.6. The molecule has 0 aliphatic rings. The maximum Gasteiger partial charge on any atom is 0.397 e. The molecule has 0 saturated heterocycles. The molecule has 0 saturated carbocycles. The summed E-state index contributed by atoms with van der Waals surface area (Å²) >= 11 is 0. The molecule has 1 heterocycles. The Labute approximate surface area is 104 Å². The average Bonchev–Trinajstić information content (AvgIpc) is 2.75. The molecule has 8 heteroatoms. The van der Waals surface area contributed by atoms with Crippen molar-refractivity contribution in [3.05, 3.63) is 35.7 Å². The van der Waals surface area contributed by atoms with Crippen molar-refractivity contribution in [2.24, 2.45) is 0 Å². The van der Waals surface area contributed by atoms with Crippen molar-refractivity contribution < 1.29 is 27.5 Å². The maximum atomic E-state index is 12.1. The van der Waals surface area contributed by atoms with Crippen molar-refractivity contribution >= 4 is 5.97 Å². The number of aromatic carboxylic acids is 1. The van der Waals surface area contributed by atoms with Gasteiger partial charge in [-0.3, -0.25) is 0 Å². The smallest absolute Gasteiger partial charge is 0.397 e. The highest BCUT2D eigenvalue weighted by Gasteiger charge is 2.31. The van der Waals surface area contributed by atoms with E-state index in [1.165, 1.54) is 24.3 Å². The van der Waals surface area contributed by atoms with Gasteiger partial charge in [0, 0.05) is 5.56 Å². The second-order valence-electron chi connectivity index (χ2n) is 3.68. The van der Waals surface area contributed by atoms with Gasteiger partial charge < -0.3 is 9.52 Å². The van der Waals surface area contributed by atoms with Gasteiger partial charge in [-0.15, -0.1) is 10.2 Å². The third-order valence-corrected chi connectivity index (χ3v) is 2.20. The summed E-state index contributed by atoms with van der Waals surface area (Å²) in [6.45, 7) is 0. The molecular weight excluding hydrogens is 265 g/mol. The lowest BCUT2D eigenvalue weighted by molar-refractivity contribution is -0.130. The van der Waals surface area contributed by atoms with Crippen molar-refractivity contribution in [1.29, 1.82) is 0 Å². The molecule has 1 aromatic heterocycles. The number of hydrogen-bond donors (Lipinski definition) is 1. The van der Waals surface area contributed by atoms with E-state index in [-0.39, 0.29) is 11.5 Å². The van der Waals surface area contributed by atoms with Crippen LogP contribution in [0.25, 0.3) is 11.5 Å². The fourth-order valence-electron chi connectivity index (χ4n) is 1.37. The van der Waals surface area contributed by atoms with Gasteiger partial charge in [0.15, 0.2) is 0 Å². The third-order valence-electron chi connectivity index (χ3n) is 2.20. The minimum absolute atomic E-state index is 0.0544. The van der Waals surface area contributed by atoms with Crippen LogP contribution in [0.5, 0.6) is 0 Å². The Balaban J connectivity index is 2.20. The van der Waals surface area contributed by atoms with E-state index in [1.807, 2.05) is 0 Å². The number of halogens is 3. The number of hydrogen-bond acceptors (Lipinski definition) is 4. The number of carbonyl (C=O) groups is 1. The van der Waals surface area contributed by atoms with Crippen LogP contribution in [0.2, 0.25) is 0 Å². The van der Waals surface area contributed by atoms with E-state index in [0.29, 0.717) is 5.56 Å². The van der Waals surface area contributed by atoms with E-state index in [2.05, 4.69) is 10.2 Å². The Morgan fingerprint density at radius 3 is 2.37 bits per heavy atom. The number of carboxylic acid groups (broad SMARTS) is 1. The van der Waals surface area contributed by atoms with Gasteiger partial charge in [0.1, 0.15) is 6.42 Å². The second kappa shape index (κ2) is 4.71. The largest absolute Gasteiger partial charge is 0.478 e. The lowest BCUT2D eigenvalue weighted by Gasteiger charge is -2.00. The molecule has 2 rings (SSSR count). The van der Waals surface area contributed by atoms with Gasteiger partial charge in [0.2, 0.25) is 11.8 Å². The van der Waals surface area contributed by atoms with Gasteiger partial charge in [-0.1, -0.05) is 0 Å². The van der Waals surface area contributed by atoms with Crippen LogP contribution in [0.3, 0.4) is 0 Å².